The van der Waals surface area contributed by atoms with Crippen molar-refractivity contribution in [3.63, 3.8) is 0 Å². The number of hydrogen-bond acceptors (Lipinski definition) is 6. The van der Waals surface area contributed by atoms with Crippen molar-refractivity contribution in [3.8, 4) is 0 Å². The summed E-state index contributed by atoms with van der Waals surface area (Å²) in [5.74, 6) is -0.792. The average molecular weight is 511 g/mol. The SMILES string of the molecule is NCc1ccc(C(=O)NCC2CCCN2C(=O)C(CO)NS(=O)(=O)c2ccc3ccccc3c2)cc1. The zero-order chi connectivity index (χ0) is 25.7. The highest BCUT2D eigenvalue weighted by Crippen LogP contribution is 2.21. The summed E-state index contributed by atoms with van der Waals surface area (Å²) in [5.41, 5.74) is 6.99. The number of nitrogens with zero attached hydrogens (tertiary/aromatic N) is 1. The first-order valence-electron chi connectivity index (χ1n) is 11.8. The Morgan fingerprint density at radius 2 is 1.78 bits per heavy atom. The van der Waals surface area contributed by atoms with Crippen molar-refractivity contribution >= 4 is 32.6 Å². The van der Waals surface area contributed by atoms with Gasteiger partial charge in [-0.15, -0.1) is 0 Å². The number of nitrogens with one attached hydrogen (secondary N) is 2. The van der Waals surface area contributed by atoms with E-state index in [1.54, 1.807) is 36.4 Å². The number of nitrogens with two attached hydrogens (primary N) is 1. The van der Waals surface area contributed by atoms with Crippen LogP contribution in [0.4, 0.5) is 0 Å². The summed E-state index contributed by atoms with van der Waals surface area (Å²) >= 11 is 0. The minimum absolute atomic E-state index is 0.0124. The van der Waals surface area contributed by atoms with Crippen molar-refractivity contribution in [3.05, 3.63) is 77.9 Å². The van der Waals surface area contributed by atoms with E-state index in [1.807, 2.05) is 18.2 Å². The molecule has 0 aromatic heterocycles. The van der Waals surface area contributed by atoms with E-state index in [0.717, 1.165) is 16.3 Å². The fourth-order valence-electron chi connectivity index (χ4n) is 4.40. The van der Waals surface area contributed by atoms with Gasteiger partial charge in [-0.3, -0.25) is 9.59 Å². The first-order chi connectivity index (χ1) is 17.3. The molecule has 2 atom stereocenters. The van der Waals surface area contributed by atoms with Gasteiger partial charge in [-0.1, -0.05) is 42.5 Å². The molecule has 3 aromatic rings. The number of benzene rings is 3. The largest absolute Gasteiger partial charge is 0.394 e. The molecule has 1 heterocycles. The van der Waals surface area contributed by atoms with Gasteiger partial charge in [-0.2, -0.15) is 4.72 Å². The van der Waals surface area contributed by atoms with Gasteiger partial charge < -0.3 is 21.1 Å². The van der Waals surface area contributed by atoms with Crippen LogP contribution < -0.4 is 15.8 Å². The van der Waals surface area contributed by atoms with E-state index >= 15 is 0 Å². The van der Waals surface area contributed by atoms with Gasteiger partial charge >= 0.3 is 0 Å². The molecule has 0 bridgehead atoms. The molecular formula is C26H30N4O5S. The van der Waals surface area contributed by atoms with Gasteiger partial charge in [0.2, 0.25) is 15.9 Å². The lowest BCUT2D eigenvalue weighted by atomic mass is 10.1. The van der Waals surface area contributed by atoms with Gasteiger partial charge in [0, 0.05) is 31.2 Å². The van der Waals surface area contributed by atoms with Crippen LogP contribution in [-0.2, 0) is 21.4 Å². The summed E-state index contributed by atoms with van der Waals surface area (Å²) in [6, 6.07) is 17.4. The van der Waals surface area contributed by atoms with E-state index in [4.69, 9.17) is 5.73 Å². The highest BCUT2D eigenvalue weighted by molar-refractivity contribution is 7.89. The maximum Gasteiger partial charge on any atom is 0.251 e. The van der Waals surface area contributed by atoms with E-state index < -0.39 is 28.6 Å². The summed E-state index contributed by atoms with van der Waals surface area (Å²) in [6.45, 7) is 0.337. The van der Waals surface area contributed by atoms with Gasteiger partial charge in [0.05, 0.1) is 11.5 Å². The van der Waals surface area contributed by atoms with Crippen molar-refractivity contribution < 1.29 is 23.1 Å². The van der Waals surface area contributed by atoms with Crippen LogP contribution in [0.1, 0.15) is 28.8 Å². The number of likely N-dealkylation sites (tertiary alicyclic amines) is 1. The Labute approximate surface area is 210 Å². The van der Waals surface area contributed by atoms with E-state index in [9.17, 15) is 23.1 Å². The Hall–Kier alpha value is -3.31. The monoisotopic (exact) mass is 510 g/mol. The first kappa shape index (κ1) is 25.8. The highest BCUT2D eigenvalue weighted by atomic mass is 32.2. The predicted molar refractivity (Wildman–Crippen MR) is 137 cm³/mol. The van der Waals surface area contributed by atoms with Gasteiger partial charge in [-0.05, 0) is 53.4 Å². The van der Waals surface area contributed by atoms with Crippen LogP contribution in [0.15, 0.2) is 71.6 Å². The third-order valence-electron chi connectivity index (χ3n) is 6.42. The fraction of sp³-hybridized carbons (Fsp3) is 0.308. The second kappa shape index (κ2) is 11.2. The summed E-state index contributed by atoms with van der Waals surface area (Å²) < 4.78 is 28.4. The first-order valence-corrected chi connectivity index (χ1v) is 13.3. The lowest BCUT2D eigenvalue weighted by Crippen LogP contribution is -2.53. The zero-order valence-electron chi connectivity index (χ0n) is 19.8. The number of carbonyl (C=O) groups is 2. The number of aliphatic hydroxyl groups is 1. The third kappa shape index (κ3) is 5.73. The van der Waals surface area contributed by atoms with Crippen LogP contribution in [0.3, 0.4) is 0 Å². The molecule has 36 heavy (non-hydrogen) atoms. The number of fused-ring (bicyclic) bond motifs is 1. The van der Waals surface area contributed by atoms with Crippen LogP contribution in [0, 0.1) is 0 Å². The molecule has 2 amide bonds. The molecule has 0 aliphatic carbocycles. The molecule has 2 unspecified atom stereocenters. The number of aliphatic hydroxyl groups excluding tert-OH is 1. The number of hydrogen-bond donors (Lipinski definition) is 4. The summed E-state index contributed by atoms with van der Waals surface area (Å²) in [7, 11) is -4.06. The Morgan fingerprint density at radius 1 is 1.06 bits per heavy atom. The van der Waals surface area contributed by atoms with Crippen molar-refractivity contribution in [2.45, 2.75) is 36.4 Å². The van der Waals surface area contributed by atoms with Gasteiger partial charge in [-0.25, -0.2) is 8.42 Å². The molecule has 1 aliphatic rings. The molecular weight excluding hydrogens is 480 g/mol. The molecule has 190 valence electrons. The van der Waals surface area contributed by atoms with E-state index in [0.29, 0.717) is 31.5 Å². The van der Waals surface area contributed by atoms with Crippen molar-refractivity contribution in [2.24, 2.45) is 5.73 Å². The second-order valence-electron chi connectivity index (χ2n) is 8.80. The van der Waals surface area contributed by atoms with Crippen molar-refractivity contribution in [1.29, 1.82) is 0 Å². The van der Waals surface area contributed by atoms with E-state index in [2.05, 4.69) is 10.0 Å². The molecule has 5 N–H and O–H groups in total. The lowest BCUT2D eigenvalue weighted by Gasteiger charge is -2.28. The van der Waals surface area contributed by atoms with E-state index in [-0.39, 0.29) is 23.4 Å². The highest BCUT2D eigenvalue weighted by Gasteiger charge is 2.35. The molecule has 0 saturated carbocycles. The number of rotatable bonds is 9. The number of carbonyl (C=O) groups excluding carboxylic acids is 2. The van der Waals surface area contributed by atoms with E-state index in [1.165, 1.54) is 17.0 Å². The number of amides is 2. The Kier molecular flexibility index (Phi) is 8.00. The molecule has 1 fully saturated rings. The third-order valence-corrected chi connectivity index (χ3v) is 7.89. The Balaban J connectivity index is 1.41. The van der Waals surface area contributed by atoms with Crippen LogP contribution >= 0.6 is 0 Å². The molecule has 10 heteroatoms. The maximum atomic E-state index is 13.2. The number of sulfonamides is 1. The Morgan fingerprint density at radius 3 is 2.47 bits per heavy atom. The normalized spacial score (nSPS) is 16.7. The molecule has 1 aliphatic heterocycles. The molecule has 1 saturated heterocycles. The topological polar surface area (TPSA) is 142 Å². The van der Waals surface area contributed by atoms with Crippen LogP contribution in [0.2, 0.25) is 0 Å². The minimum atomic E-state index is -4.06. The lowest BCUT2D eigenvalue weighted by molar-refractivity contribution is -0.134. The van der Waals surface area contributed by atoms with Crippen LogP contribution in [0.5, 0.6) is 0 Å². The second-order valence-corrected chi connectivity index (χ2v) is 10.5. The molecule has 0 spiro atoms. The molecule has 0 radical (unpaired) electrons. The summed E-state index contributed by atoms with van der Waals surface area (Å²) in [5, 5.41) is 14.4. The minimum Gasteiger partial charge on any atom is -0.394 e. The maximum absolute atomic E-state index is 13.2. The van der Waals surface area contributed by atoms with Crippen LogP contribution in [-0.4, -0.2) is 62.0 Å². The molecule has 4 rings (SSSR count). The van der Waals surface area contributed by atoms with Gasteiger partial charge in [0.1, 0.15) is 6.04 Å². The van der Waals surface area contributed by atoms with Crippen molar-refractivity contribution in [2.75, 3.05) is 19.7 Å². The molecule has 9 nitrogen and oxygen atoms in total. The molecule has 3 aromatic carbocycles. The zero-order valence-corrected chi connectivity index (χ0v) is 20.6. The smallest absolute Gasteiger partial charge is 0.251 e. The Bertz CT molecular complexity index is 1340. The average Bonchev–Trinajstić information content (AvgIpc) is 3.38. The summed E-state index contributed by atoms with van der Waals surface area (Å²) in [4.78, 5) is 27.3. The predicted octanol–water partition coefficient (Wildman–Crippen LogP) is 1.36. The summed E-state index contributed by atoms with van der Waals surface area (Å²) in [6.07, 6.45) is 1.38. The quantitative estimate of drug-likeness (QED) is 0.342. The van der Waals surface area contributed by atoms with Gasteiger partial charge in [0.15, 0.2) is 0 Å². The van der Waals surface area contributed by atoms with Gasteiger partial charge in [0.25, 0.3) is 5.91 Å². The van der Waals surface area contributed by atoms with Crippen molar-refractivity contribution in [1.82, 2.24) is 14.9 Å². The standard InChI is InChI=1S/C26H30N4O5S/c27-15-18-7-9-20(10-8-18)25(32)28-16-22-6-3-13-30(22)26(33)24(17-31)29-36(34,35)23-12-11-19-4-1-2-5-21(19)14-23/h1-2,4-5,7-12,14,22,24,29,31H,3,6,13,15-17,27H2,(H,28,32). The van der Waals surface area contributed by atoms with Crippen LogP contribution in [0.25, 0.3) is 10.8 Å². The fourth-order valence-corrected chi connectivity index (χ4v) is 5.61.